The smallest absolute Gasteiger partial charge is 0.240 e. The van der Waals surface area contributed by atoms with Crippen molar-refractivity contribution in [1.29, 1.82) is 0 Å². The largest absolute Gasteiger partial charge is 0.368 e. The van der Waals surface area contributed by atoms with Crippen molar-refractivity contribution < 1.29 is 4.79 Å². The van der Waals surface area contributed by atoms with E-state index in [1.807, 2.05) is 55.4 Å². The Kier molecular flexibility index (Phi) is 6.90. The number of nitrogens with one attached hydrogen (secondary N) is 1. The van der Waals surface area contributed by atoms with Crippen molar-refractivity contribution in [2.45, 2.75) is 44.7 Å². The number of nitrogens with zero attached hydrogens (tertiary/aromatic N) is 4. The van der Waals surface area contributed by atoms with E-state index in [9.17, 15) is 4.79 Å². The average Bonchev–Trinajstić information content (AvgIpc) is 2.73. The molecule has 2 aromatic rings. The number of carbonyl (C=O) groups excluding carboxylic acids is 1. The van der Waals surface area contributed by atoms with Gasteiger partial charge in [-0.1, -0.05) is 18.2 Å². The minimum Gasteiger partial charge on any atom is -0.368 e. The summed E-state index contributed by atoms with van der Waals surface area (Å²) < 4.78 is 0. The van der Waals surface area contributed by atoms with Crippen LogP contribution in [0.5, 0.6) is 0 Å². The summed E-state index contributed by atoms with van der Waals surface area (Å²) >= 11 is 0. The van der Waals surface area contributed by atoms with Crippen molar-refractivity contribution in [3.63, 3.8) is 0 Å². The molecular weight excluding hydrogens is 364 g/mol. The predicted molar refractivity (Wildman–Crippen MR) is 118 cm³/mol. The fourth-order valence-electron chi connectivity index (χ4n) is 4.23. The number of rotatable bonds is 8. The van der Waals surface area contributed by atoms with E-state index in [-0.39, 0.29) is 17.9 Å². The fourth-order valence-corrected chi connectivity index (χ4v) is 4.23. The lowest BCUT2D eigenvalue weighted by Gasteiger charge is -2.39. The van der Waals surface area contributed by atoms with Crippen molar-refractivity contribution in [2.24, 2.45) is 11.7 Å². The Morgan fingerprint density at radius 1 is 1.17 bits per heavy atom. The van der Waals surface area contributed by atoms with E-state index in [0.717, 1.165) is 43.7 Å². The third kappa shape index (κ3) is 5.16. The summed E-state index contributed by atoms with van der Waals surface area (Å²) in [6, 6.07) is 12.0. The third-order valence-electron chi connectivity index (χ3n) is 5.71. The molecule has 1 aromatic carbocycles. The monoisotopic (exact) mass is 396 g/mol. The second kappa shape index (κ2) is 9.58. The lowest BCUT2D eigenvalue weighted by molar-refractivity contribution is -0.120. The number of hydrogen-bond acceptors (Lipinski definition) is 6. The molecule has 29 heavy (non-hydrogen) atoms. The molecular formula is C22H32N6O. The molecule has 1 aliphatic rings. The number of aromatic nitrogens is 2. The first kappa shape index (κ1) is 20.9. The highest BCUT2D eigenvalue weighted by Gasteiger charge is 2.35. The number of nitrogens with two attached hydrogens (primary N) is 1. The van der Waals surface area contributed by atoms with Crippen LogP contribution < -0.4 is 20.9 Å². The summed E-state index contributed by atoms with van der Waals surface area (Å²) in [6.45, 7) is 2.83. The molecule has 1 fully saturated rings. The molecule has 0 aliphatic heterocycles. The fraction of sp³-hybridized carbons (Fsp3) is 0.500. The van der Waals surface area contributed by atoms with Crippen molar-refractivity contribution in [3.8, 4) is 0 Å². The van der Waals surface area contributed by atoms with Crippen LogP contribution in [-0.4, -0.2) is 48.6 Å². The Hall–Kier alpha value is -2.83. The lowest BCUT2D eigenvalue weighted by atomic mass is 9.80. The average molecular weight is 397 g/mol. The quantitative estimate of drug-likeness (QED) is 0.713. The van der Waals surface area contributed by atoms with Crippen LogP contribution in [0.15, 0.2) is 42.6 Å². The SMILES string of the molecule is CCN(c1ccccc1)C(C(N)=O)C1CCC(Nc2nccc(N(C)C)n2)CC1. The molecule has 1 saturated carbocycles. The molecule has 7 nitrogen and oxygen atoms in total. The van der Waals surface area contributed by atoms with Gasteiger partial charge in [0, 0.05) is 38.6 Å². The van der Waals surface area contributed by atoms with Crippen molar-refractivity contribution in [3.05, 3.63) is 42.6 Å². The Morgan fingerprint density at radius 2 is 1.86 bits per heavy atom. The summed E-state index contributed by atoms with van der Waals surface area (Å²) in [6.07, 6.45) is 5.61. The van der Waals surface area contributed by atoms with Gasteiger partial charge in [-0.05, 0) is 56.7 Å². The van der Waals surface area contributed by atoms with E-state index in [1.54, 1.807) is 6.20 Å². The first-order valence-electron chi connectivity index (χ1n) is 10.4. The van der Waals surface area contributed by atoms with Gasteiger partial charge in [0.05, 0.1) is 0 Å². The molecule has 0 bridgehead atoms. The van der Waals surface area contributed by atoms with Gasteiger partial charge in [-0.25, -0.2) is 4.98 Å². The molecule has 1 heterocycles. The molecule has 1 unspecified atom stereocenters. The third-order valence-corrected chi connectivity index (χ3v) is 5.71. The summed E-state index contributed by atoms with van der Waals surface area (Å²) in [4.78, 5) is 25.4. The molecule has 156 valence electrons. The van der Waals surface area contributed by atoms with Crippen molar-refractivity contribution >= 4 is 23.4 Å². The maximum absolute atomic E-state index is 12.4. The van der Waals surface area contributed by atoms with Gasteiger partial charge < -0.3 is 20.9 Å². The normalized spacial score (nSPS) is 20.0. The zero-order valence-corrected chi connectivity index (χ0v) is 17.6. The summed E-state index contributed by atoms with van der Waals surface area (Å²) in [5, 5.41) is 3.46. The van der Waals surface area contributed by atoms with Gasteiger partial charge in [-0.2, -0.15) is 4.98 Å². The molecule has 7 heteroatoms. The zero-order chi connectivity index (χ0) is 20.8. The number of benzene rings is 1. The maximum atomic E-state index is 12.4. The van der Waals surface area contributed by atoms with Gasteiger partial charge in [0.15, 0.2) is 0 Å². The number of primary amides is 1. The number of likely N-dealkylation sites (N-methyl/N-ethyl adjacent to an activating group) is 1. The summed E-state index contributed by atoms with van der Waals surface area (Å²) in [5.41, 5.74) is 6.91. The Morgan fingerprint density at radius 3 is 2.45 bits per heavy atom. The zero-order valence-electron chi connectivity index (χ0n) is 17.6. The van der Waals surface area contributed by atoms with Gasteiger partial charge in [0.25, 0.3) is 0 Å². The van der Waals surface area contributed by atoms with Gasteiger partial charge in [0.2, 0.25) is 11.9 Å². The standard InChI is InChI=1S/C22H32N6O/c1-4-28(18-8-6-5-7-9-18)20(21(23)29)16-10-12-17(13-11-16)25-22-24-15-14-19(26-22)27(2)3/h5-9,14-17,20H,4,10-13H2,1-3H3,(H2,23,29)(H,24,25,26). The Balaban J connectivity index is 1.65. The highest BCUT2D eigenvalue weighted by molar-refractivity contribution is 5.84. The van der Waals surface area contributed by atoms with Crippen molar-refractivity contribution in [2.75, 3.05) is 35.8 Å². The van der Waals surface area contributed by atoms with Crippen LogP contribution in [0.3, 0.4) is 0 Å². The number of hydrogen-bond donors (Lipinski definition) is 2. The summed E-state index contributed by atoms with van der Waals surface area (Å²) in [7, 11) is 3.93. The van der Waals surface area contributed by atoms with Crippen molar-refractivity contribution in [1.82, 2.24) is 9.97 Å². The van der Waals surface area contributed by atoms with E-state index in [2.05, 4.69) is 27.1 Å². The molecule has 0 saturated heterocycles. The first-order chi connectivity index (χ1) is 14.0. The summed E-state index contributed by atoms with van der Waals surface area (Å²) in [5.74, 6) is 1.55. The number of amides is 1. The lowest BCUT2D eigenvalue weighted by Crippen LogP contribution is -2.51. The van der Waals surface area contributed by atoms with E-state index in [1.165, 1.54) is 0 Å². The molecule has 1 amide bonds. The van der Waals surface area contributed by atoms with Gasteiger partial charge >= 0.3 is 0 Å². The maximum Gasteiger partial charge on any atom is 0.240 e. The number of carbonyl (C=O) groups is 1. The van der Waals surface area contributed by atoms with Gasteiger partial charge in [0.1, 0.15) is 11.9 Å². The molecule has 1 aliphatic carbocycles. The van der Waals surface area contributed by atoms with E-state index < -0.39 is 0 Å². The van der Waals surface area contributed by atoms with Crippen LogP contribution in [0.1, 0.15) is 32.6 Å². The highest BCUT2D eigenvalue weighted by Crippen LogP contribution is 2.32. The first-order valence-corrected chi connectivity index (χ1v) is 10.4. The van der Waals surface area contributed by atoms with E-state index in [0.29, 0.717) is 12.0 Å². The van der Waals surface area contributed by atoms with Gasteiger partial charge in [-0.3, -0.25) is 4.79 Å². The molecule has 0 spiro atoms. The molecule has 1 atom stereocenters. The van der Waals surface area contributed by atoms with Crippen LogP contribution in [0.4, 0.5) is 17.5 Å². The van der Waals surface area contributed by atoms with E-state index >= 15 is 0 Å². The van der Waals surface area contributed by atoms with E-state index in [4.69, 9.17) is 5.73 Å². The van der Waals surface area contributed by atoms with Gasteiger partial charge in [-0.15, -0.1) is 0 Å². The number of anilines is 3. The Bertz CT molecular complexity index is 789. The molecule has 3 rings (SSSR count). The van der Waals surface area contributed by atoms with Crippen LogP contribution in [0, 0.1) is 5.92 Å². The number of para-hydroxylation sites is 1. The van der Waals surface area contributed by atoms with Crippen LogP contribution >= 0.6 is 0 Å². The molecule has 1 aromatic heterocycles. The second-order valence-corrected chi connectivity index (χ2v) is 7.86. The molecule has 0 radical (unpaired) electrons. The topological polar surface area (TPSA) is 87.4 Å². The minimum atomic E-state index is -0.281. The highest BCUT2D eigenvalue weighted by atomic mass is 16.1. The van der Waals surface area contributed by atoms with Crippen LogP contribution in [-0.2, 0) is 4.79 Å². The minimum absolute atomic E-state index is 0.242. The second-order valence-electron chi connectivity index (χ2n) is 7.86. The Labute approximate surface area is 173 Å². The molecule has 3 N–H and O–H groups in total. The van der Waals surface area contributed by atoms with Crippen LogP contribution in [0.25, 0.3) is 0 Å². The predicted octanol–water partition coefficient (Wildman–Crippen LogP) is 2.89. The van der Waals surface area contributed by atoms with Crippen LogP contribution in [0.2, 0.25) is 0 Å².